The Morgan fingerprint density at radius 3 is 2.24 bits per heavy atom. The summed E-state index contributed by atoms with van der Waals surface area (Å²) in [6.45, 7) is 5.15. The van der Waals surface area contributed by atoms with Crippen molar-refractivity contribution < 1.29 is 19.5 Å². The van der Waals surface area contributed by atoms with Gasteiger partial charge in [0, 0.05) is 12.5 Å². The molecule has 3 unspecified atom stereocenters. The molecule has 0 aliphatic heterocycles. The van der Waals surface area contributed by atoms with Crippen LogP contribution in [0.5, 0.6) is 0 Å². The Bertz CT molecular complexity index is 364. The van der Waals surface area contributed by atoms with Crippen molar-refractivity contribution in [3.05, 3.63) is 0 Å². The van der Waals surface area contributed by atoms with Crippen molar-refractivity contribution in [1.29, 1.82) is 0 Å². The molecule has 4 N–H and O–H groups in total. The predicted octanol–water partition coefficient (Wildman–Crippen LogP) is -0.277. The van der Waals surface area contributed by atoms with E-state index < -0.39 is 29.1 Å². The van der Waals surface area contributed by atoms with Crippen molar-refractivity contribution in [2.45, 2.75) is 33.2 Å². The van der Waals surface area contributed by atoms with Gasteiger partial charge in [0.05, 0.1) is 11.8 Å². The van der Waals surface area contributed by atoms with E-state index in [2.05, 4.69) is 5.32 Å². The van der Waals surface area contributed by atoms with E-state index in [1.165, 1.54) is 0 Å². The van der Waals surface area contributed by atoms with Gasteiger partial charge in [-0.25, -0.2) is 0 Å². The highest BCUT2D eigenvalue weighted by Crippen LogP contribution is 2.58. The van der Waals surface area contributed by atoms with Crippen LogP contribution in [0.4, 0.5) is 0 Å². The van der Waals surface area contributed by atoms with Crippen LogP contribution in [-0.2, 0) is 14.4 Å². The van der Waals surface area contributed by atoms with Gasteiger partial charge >= 0.3 is 5.97 Å². The van der Waals surface area contributed by atoms with Gasteiger partial charge in [-0.3, -0.25) is 14.4 Å². The summed E-state index contributed by atoms with van der Waals surface area (Å²) >= 11 is 0. The number of carboxylic acid groups (broad SMARTS) is 1. The lowest BCUT2D eigenvalue weighted by molar-refractivity contribution is -0.140. The van der Waals surface area contributed by atoms with E-state index >= 15 is 0 Å². The lowest BCUT2D eigenvalue weighted by atomic mass is 10.1. The first-order valence-electron chi connectivity index (χ1n) is 5.49. The molecule has 0 aromatic rings. The topological polar surface area (TPSA) is 109 Å². The highest BCUT2D eigenvalue weighted by Gasteiger charge is 2.65. The normalized spacial score (nSPS) is 27.0. The summed E-state index contributed by atoms with van der Waals surface area (Å²) in [5, 5.41) is 11.5. The number of hydrogen-bond acceptors (Lipinski definition) is 3. The average molecular weight is 242 g/mol. The number of amides is 2. The highest BCUT2D eigenvalue weighted by atomic mass is 16.4. The minimum atomic E-state index is -0.960. The molecule has 0 aromatic heterocycles. The van der Waals surface area contributed by atoms with Gasteiger partial charge in [0.1, 0.15) is 0 Å². The minimum absolute atomic E-state index is 0.0522. The first-order valence-corrected chi connectivity index (χ1v) is 5.49. The third kappa shape index (κ3) is 2.75. The molecule has 6 heteroatoms. The summed E-state index contributed by atoms with van der Waals surface area (Å²) in [5.74, 6) is -2.96. The first kappa shape index (κ1) is 13.5. The van der Waals surface area contributed by atoms with Crippen LogP contribution in [0.2, 0.25) is 0 Å². The number of primary amides is 1. The van der Waals surface area contributed by atoms with E-state index in [0.29, 0.717) is 0 Å². The van der Waals surface area contributed by atoms with Crippen LogP contribution in [0, 0.1) is 17.3 Å². The largest absolute Gasteiger partial charge is 0.481 e. The number of nitrogens with two attached hydrogens (primary N) is 1. The molecule has 0 radical (unpaired) electrons. The first-order chi connectivity index (χ1) is 7.67. The molecular weight excluding hydrogens is 224 g/mol. The van der Waals surface area contributed by atoms with Gasteiger partial charge in [-0.2, -0.15) is 0 Å². The van der Waals surface area contributed by atoms with Gasteiger partial charge in [0.25, 0.3) is 0 Å². The van der Waals surface area contributed by atoms with E-state index in [0.717, 1.165) is 0 Å². The van der Waals surface area contributed by atoms with Gasteiger partial charge in [0.15, 0.2) is 0 Å². The van der Waals surface area contributed by atoms with Crippen LogP contribution in [0.3, 0.4) is 0 Å². The molecular formula is C11H18N2O4. The number of aliphatic carboxylic acids is 1. The molecule has 0 bridgehead atoms. The molecule has 1 aliphatic rings. The van der Waals surface area contributed by atoms with Gasteiger partial charge in [-0.05, 0) is 12.3 Å². The Morgan fingerprint density at radius 2 is 1.88 bits per heavy atom. The second-order valence-electron chi connectivity index (χ2n) is 5.20. The molecule has 3 atom stereocenters. The number of hydrogen-bond donors (Lipinski definition) is 3. The maximum atomic E-state index is 11.8. The van der Waals surface area contributed by atoms with Crippen LogP contribution >= 0.6 is 0 Å². The van der Waals surface area contributed by atoms with Crippen LogP contribution in [-0.4, -0.2) is 28.9 Å². The van der Waals surface area contributed by atoms with Crippen molar-refractivity contribution in [2.75, 3.05) is 0 Å². The fourth-order valence-electron chi connectivity index (χ4n) is 2.27. The quantitative estimate of drug-likeness (QED) is 0.616. The van der Waals surface area contributed by atoms with Crippen molar-refractivity contribution in [1.82, 2.24) is 5.32 Å². The Balaban J connectivity index is 2.56. The molecule has 17 heavy (non-hydrogen) atoms. The molecule has 1 aliphatic carbocycles. The second kappa shape index (κ2) is 4.35. The number of rotatable bonds is 5. The summed E-state index contributed by atoms with van der Waals surface area (Å²) in [6, 6.07) is -0.370. The molecule has 0 heterocycles. The third-order valence-corrected chi connectivity index (χ3v) is 3.27. The third-order valence-electron chi connectivity index (χ3n) is 3.27. The molecule has 0 spiro atoms. The lowest BCUT2D eigenvalue weighted by Crippen LogP contribution is -2.37. The van der Waals surface area contributed by atoms with E-state index in [9.17, 15) is 14.4 Å². The maximum absolute atomic E-state index is 11.8. The molecule has 0 saturated heterocycles. The number of carbonyl (C=O) groups excluding carboxylic acids is 2. The zero-order chi connectivity index (χ0) is 13.4. The fourth-order valence-corrected chi connectivity index (χ4v) is 2.27. The van der Waals surface area contributed by atoms with Gasteiger partial charge in [-0.1, -0.05) is 13.8 Å². The molecule has 0 aromatic carbocycles. The number of carboxylic acids is 1. The number of nitrogens with one attached hydrogen (secondary N) is 1. The predicted molar refractivity (Wildman–Crippen MR) is 59.8 cm³/mol. The summed E-state index contributed by atoms with van der Waals surface area (Å²) in [4.78, 5) is 33.4. The smallest absolute Gasteiger partial charge is 0.307 e. The monoisotopic (exact) mass is 242 g/mol. The highest BCUT2D eigenvalue weighted by molar-refractivity contribution is 5.92. The van der Waals surface area contributed by atoms with Crippen LogP contribution in [0.1, 0.15) is 27.2 Å². The lowest BCUT2D eigenvalue weighted by Gasteiger charge is -2.12. The summed E-state index contributed by atoms with van der Waals surface area (Å²) in [5.41, 5.74) is 4.48. The minimum Gasteiger partial charge on any atom is -0.481 e. The Hall–Kier alpha value is -1.59. The Kier molecular flexibility index (Phi) is 3.45. The van der Waals surface area contributed by atoms with Crippen LogP contribution in [0.15, 0.2) is 0 Å². The van der Waals surface area contributed by atoms with Crippen molar-refractivity contribution >= 4 is 17.8 Å². The van der Waals surface area contributed by atoms with E-state index in [1.807, 2.05) is 0 Å². The van der Waals surface area contributed by atoms with Crippen molar-refractivity contribution in [3.8, 4) is 0 Å². The Labute approximate surface area is 99.6 Å². The van der Waals surface area contributed by atoms with Crippen LogP contribution < -0.4 is 11.1 Å². The van der Waals surface area contributed by atoms with Crippen molar-refractivity contribution in [2.24, 2.45) is 23.0 Å². The molecule has 2 amide bonds. The number of carbonyl (C=O) groups is 3. The van der Waals surface area contributed by atoms with Gasteiger partial charge < -0.3 is 16.2 Å². The molecule has 96 valence electrons. The summed E-state index contributed by atoms with van der Waals surface area (Å²) < 4.78 is 0. The molecule has 1 saturated carbocycles. The second-order valence-corrected chi connectivity index (χ2v) is 5.20. The summed E-state index contributed by atoms with van der Waals surface area (Å²) in [6.07, 6.45) is 0.0522. The van der Waals surface area contributed by atoms with E-state index in [1.54, 1.807) is 20.8 Å². The Morgan fingerprint density at radius 1 is 1.35 bits per heavy atom. The van der Waals surface area contributed by atoms with Crippen LogP contribution in [0.25, 0.3) is 0 Å². The van der Waals surface area contributed by atoms with Gasteiger partial charge in [0.2, 0.25) is 11.8 Å². The SMILES string of the molecule is CC(CC(N)=O)NC(=O)C1C(C(=O)O)C1(C)C. The summed E-state index contributed by atoms with van der Waals surface area (Å²) in [7, 11) is 0. The van der Waals surface area contributed by atoms with Crippen molar-refractivity contribution in [3.63, 3.8) is 0 Å². The van der Waals surface area contributed by atoms with E-state index in [4.69, 9.17) is 10.8 Å². The molecule has 6 nitrogen and oxygen atoms in total. The standard InChI is InChI=1S/C11H18N2O4/c1-5(4-6(12)14)13-9(15)7-8(10(16)17)11(7,2)3/h5,7-8H,4H2,1-3H3,(H2,12,14)(H,13,15)(H,16,17). The maximum Gasteiger partial charge on any atom is 0.307 e. The fraction of sp³-hybridized carbons (Fsp3) is 0.727. The average Bonchev–Trinajstić information content (AvgIpc) is 2.66. The zero-order valence-electron chi connectivity index (χ0n) is 10.2. The molecule has 1 fully saturated rings. The van der Waals surface area contributed by atoms with Gasteiger partial charge in [-0.15, -0.1) is 0 Å². The molecule has 1 rings (SSSR count). The van der Waals surface area contributed by atoms with E-state index in [-0.39, 0.29) is 18.4 Å². The zero-order valence-corrected chi connectivity index (χ0v) is 10.2.